The van der Waals surface area contributed by atoms with Gasteiger partial charge in [-0.1, -0.05) is 0 Å². The van der Waals surface area contributed by atoms with Crippen molar-refractivity contribution in [2.45, 2.75) is 18.7 Å². The minimum Gasteiger partial charge on any atom is -0.496 e. The number of benzene rings is 2. The largest absolute Gasteiger partial charge is 0.496 e. The Balaban J connectivity index is 2.07. The van der Waals surface area contributed by atoms with Crippen LogP contribution in [0.4, 0.5) is 10.1 Å². The molecule has 2 aromatic rings. The third kappa shape index (κ3) is 4.55. The molecule has 25 heavy (non-hydrogen) atoms. The summed E-state index contributed by atoms with van der Waals surface area (Å²) in [7, 11) is -2.35. The molecule has 6 nitrogen and oxygen atoms in total. The summed E-state index contributed by atoms with van der Waals surface area (Å²) in [6.07, 6.45) is 0. The fourth-order valence-corrected chi connectivity index (χ4v) is 3.54. The van der Waals surface area contributed by atoms with Crippen molar-refractivity contribution in [1.29, 1.82) is 0 Å². The molecule has 1 amide bonds. The minimum absolute atomic E-state index is 0.0837. The molecule has 0 radical (unpaired) electrons. The fourth-order valence-electron chi connectivity index (χ4n) is 2.26. The van der Waals surface area contributed by atoms with E-state index in [4.69, 9.17) is 4.74 Å². The van der Waals surface area contributed by atoms with Gasteiger partial charge in [0.15, 0.2) is 0 Å². The quantitative estimate of drug-likeness (QED) is 0.822. The smallest absolute Gasteiger partial charge is 0.241 e. The molecule has 0 saturated heterocycles. The van der Waals surface area contributed by atoms with Crippen molar-refractivity contribution in [3.63, 3.8) is 0 Å². The number of carbonyl (C=O) groups excluding carboxylic acids is 1. The Morgan fingerprint density at radius 3 is 2.32 bits per heavy atom. The van der Waals surface area contributed by atoms with Crippen LogP contribution >= 0.6 is 0 Å². The van der Waals surface area contributed by atoms with Crippen LogP contribution in [0.15, 0.2) is 41.3 Å². The molecule has 0 bridgehead atoms. The van der Waals surface area contributed by atoms with Gasteiger partial charge in [0.25, 0.3) is 0 Å². The number of halogens is 1. The van der Waals surface area contributed by atoms with Gasteiger partial charge < -0.3 is 10.1 Å². The number of methoxy groups -OCH3 is 1. The average molecular weight is 366 g/mol. The van der Waals surface area contributed by atoms with E-state index in [-0.39, 0.29) is 4.90 Å². The van der Waals surface area contributed by atoms with Crippen molar-refractivity contribution < 1.29 is 22.3 Å². The number of sulfonamides is 1. The second-order valence-corrected chi connectivity index (χ2v) is 7.13. The second kappa shape index (κ2) is 7.62. The molecule has 8 heteroatoms. The highest BCUT2D eigenvalue weighted by molar-refractivity contribution is 7.89. The lowest BCUT2D eigenvalue weighted by atomic mass is 10.1. The van der Waals surface area contributed by atoms with Crippen molar-refractivity contribution in [3.05, 3.63) is 53.3 Å². The summed E-state index contributed by atoms with van der Waals surface area (Å²) < 4.78 is 45.1. The Bertz CT molecular complexity index is 880. The molecule has 0 heterocycles. The highest BCUT2D eigenvalue weighted by atomic mass is 32.2. The summed E-state index contributed by atoms with van der Waals surface area (Å²) in [6.45, 7) is 2.99. The average Bonchev–Trinajstić information content (AvgIpc) is 2.57. The minimum atomic E-state index is -3.86. The molecule has 0 aliphatic heterocycles. The van der Waals surface area contributed by atoms with E-state index in [1.807, 2.05) is 0 Å². The monoisotopic (exact) mass is 366 g/mol. The zero-order chi connectivity index (χ0) is 18.6. The van der Waals surface area contributed by atoms with Crippen molar-refractivity contribution in [2.24, 2.45) is 0 Å². The predicted molar refractivity (Wildman–Crippen MR) is 92.7 cm³/mol. The topological polar surface area (TPSA) is 84.5 Å². The van der Waals surface area contributed by atoms with Crippen LogP contribution in [0.3, 0.4) is 0 Å². The highest BCUT2D eigenvalue weighted by Gasteiger charge is 2.20. The van der Waals surface area contributed by atoms with Crippen molar-refractivity contribution in [2.75, 3.05) is 19.0 Å². The normalized spacial score (nSPS) is 11.2. The summed E-state index contributed by atoms with van der Waals surface area (Å²) in [6, 6.07) is 8.17. The van der Waals surface area contributed by atoms with Crippen LogP contribution in [0.25, 0.3) is 0 Å². The first kappa shape index (κ1) is 18.9. The number of amides is 1. The predicted octanol–water partition coefficient (Wildman–Crippen LogP) is 2.37. The van der Waals surface area contributed by atoms with E-state index in [2.05, 4.69) is 10.0 Å². The van der Waals surface area contributed by atoms with E-state index < -0.39 is 28.3 Å². The molecular formula is C17H19FN2O4S. The number of ether oxygens (including phenoxy) is 1. The highest BCUT2D eigenvalue weighted by Crippen LogP contribution is 2.26. The summed E-state index contributed by atoms with van der Waals surface area (Å²) in [4.78, 5) is 12.0. The van der Waals surface area contributed by atoms with Gasteiger partial charge in [0, 0.05) is 5.69 Å². The van der Waals surface area contributed by atoms with Gasteiger partial charge in [-0.05, 0) is 61.4 Å². The maximum absolute atomic E-state index is 12.8. The van der Waals surface area contributed by atoms with Gasteiger partial charge >= 0.3 is 0 Å². The summed E-state index contributed by atoms with van der Waals surface area (Å²) in [5, 5.41) is 2.48. The molecular weight excluding hydrogens is 347 g/mol. The molecule has 0 saturated carbocycles. The molecule has 0 spiro atoms. The lowest BCUT2D eigenvalue weighted by Crippen LogP contribution is -2.33. The van der Waals surface area contributed by atoms with Crippen LogP contribution in [0.1, 0.15) is 11.1 Å². The van der Waals surface area contributed by atoms with Gasteiger partial charge in [0.1, 0.15) is 11.6 Å². The number of hydrogen-bond acceptors (Lipinski definition) is 4. The first-order chi connectivity index (χ1) is 11.7. The lowest BCUT2D eigenvalue weighted by molar-refractivity contribution is -0.115. The zero-order valence-corrected chi connectivity index (χ0v) is 14.9. The second-order valence-electron chi connectivity index (χ2n) is 5.40. The number of rotatable bonds is 6. The molecule has 2 N–H and O–H groups in total. The molecule has 0 aliphatic rings. The van der Waals surface area contributed by atoms with Crippen molar-refractivity contribution in [1.82, 2.24) is 4.72 Å². The van der Waals surface area contributed by atoms with Crippen LogP contribution in [0.5, 0.6) is 5.75 Å². The number of carbonyl (C=O) groups is 1. The van der Waals surface area contributed by atoms with Crippen LogP contribution < -0.4 is 14.8 Å². The maximum atomic E-state index is 12.8. The first-order valence-electron chi connectivity index (χ1n) is 7.44. The molecule has 0 fully saturated rings. The van der Waals surface area contributed by atoms with Gasteiger partial charge in [-0.3, -0.25) is 4.79 Å². The number of anilines is 1. The zero-order valence-electron chi connectivity index (χ0n) is 14.1. The summed E-state index contributed by atoms with van der Waals surface area (Å²) in [5.41, 5.74) is 1.63. The van der Waals surface area contributed by atoms with Gasteiger partial charge in [0.05, 0.1) is 18.6 Å². The van der Waals surface area contributed by atoms with Gasteiger partial charge in [-0.25, -0.2) is 17.5 Å². The molecule has 0 atom stereocenters. The molecule has 0 aliphatic carbocycles. The van der Waals surface area contributed by atoms with Gasteiger partial charge in [-0.2, -0.15) is 0 Å². The van der Waals surface area contributed by atoms with Crippen molar-refractivity contribution >= 4 is 21.6 Å². The van der Waals surface area contributed by atoms with E-state index in [9.17, 15) is 17.6 Å². The van der Waals surface area contributed by atoms with E-state index in [1.54, 1.807) is 19.9 Å². The van der Waals surface area contributed by atoms with Crippen LogP contribution in [-0.4, -0.2) is 28.0 Å². The Labute approximate surface area is 146 Å². The molecule has 134 valence electrons. The fraction of sp³-hybridized carbons (Fsp3) is 0.235. The van der Waals surface area contributed by atoms with E-state index in [0.29, 0.717) is 22.6 Å². The summed E-state index contributed by atoms with van der Waals surface area (Å²) >= 11 is 0. The van der Waals surface area contributed by atoms with E-state index in [0.717, 1.165) is 0 Å². The first-order valence-corrected chi connectivity index (χ1v) is 8.92. The van der Waals surface area contributed by atoms with E-state index >= 15 is 0 Å². The number of nitrogens with one attached hydrogen (secondary N) is 2. The van der Waals surface area contributed by atoms with Crippen LogP contribution in [-0.2, 0) is 14.8 Å². The van der Waals surface area contributed by atoms with Gasteiger partial charge in [0.2, 0.25) is 15.9 Å². The number of hydrogen-bond donors (Lipinski definition) is 2. The Kier molecular flexibility index (Phi) is 5.76. The molecule has 0 aromatic heterocycles. The SMILES string of the molecule is COc1ccc(S(=O)(=O)NCC(=O)Nc2ccc(F)cc2)c(C)c1C. The lowest BCUT2D eigenvalue weighted by Gasteiger charge is -2.13. The maximum Gasteiger partial charge on any atom is 0.241 e. The third-order valence-electron chi connectivity index (χ3n) is 3.75. The summed E-state index contributed by atoms with van der Waals surface area (Å²) in [5.74, 6) is -0.396. The van der Waals surface area contributed by atoms with E-state index in [1.165, 1.54) is 37.4 Å². The van der Waals surface area contributed by atoms with Crippen LogP contribution in [0, 0.1) is 19.7 Å². The molecule has 2 rings (SSSR count). The van der Waals surface area contributed by atoms with Gasteiger partial charge in [-0.15, -0.1) is 0 Å². The molecule has 2 aromatic carbocycles. The Hall–Kier alpha value is -2.45. The standard InChI is InChI=1S/C17H19FN2O4S/c1-11-12(2)16(9-8-15(11)24-3)25(22,23)19-10-17(21)20-14-6-4-13(18)5-7-14/h4-9,19H,10H2,1-3H3,(H,20,21). The van der Waals surface area contributed by atoms with Crippen molar-refractivity contribution in [3.8, 4) is 5.75 Å². The Morgan fingerprint density at radius 2 is 1.72 bits per heavy atom. The third-order valence-corrected chi connectivity index (χ3v) is 5.29. The Morgan fingerprint density at radius 1 is 1.08 bits per heavy atom. The molecule has 0 unspecified atom stereocenters. The van der Waals surface area contributed by atoms with Crippen LogP contribution in [0.2, 0.25) is 0 Å².